The van der Waals surface area contributed by atoms with Crippen LogP contribution < -0.4 is 0 Å². The highest BCUT2D eigenvalue weighted by Gasteiger charge is 2.32. The van der Waals surface area contributed by atoms with Gasteiger partial charge in [0.2, 0.25) is 0 Å². The Hall–Kier alpha value is -2.27. The molecular weight excluding hydrogens is 311 g/mol. The fourth-order valence-electron chi connectivity index (χ4n) is 3.28. The van der Waals surface area contributed by atoms with E-state index in [1.54, 1.807) is 28.2 Å². The number of aryl methyl sites for hydroxylation is 1. The maximum atomic E-state index is 13.2. The molecule has 23 heavy (non-hydrogen) atoms. The number of hydrogen-bond acceptors (Lipinski definition) is 3. The molecule has 0 N–H and O–H groups in total. The Balaban J connectivity index is 1.81. The van der Waals surface area contributed by atoms with Gasteiger partial charge in [-0.05, 0) is 49.1 Å². The molecule has 2 heterocycles. The molecule has 1 aliphatic rings. The number of nitrogens with zero attached hydrogens (tertiary/aromatic N) is 2. The summed E-state index contributed by atoms with van der Waals surface area (Å²) in [7, 11) is 0. The lowest BCUT2D eigenvalue weighted by molar-refractivity contribution is 0.0963. The predicted octanol–water partition coefficient (Wildman–Crippen LogP) is 4.29. The molecule has 0 saturated carbocycles. The van der Waals surface area contributed by atoms with Gasteiger partial charge in [0.25, 0.3) is 0 Å². The topological polar surface area (TPSA) is 34.9 Å². The minimum absolute atomic E-state index is 0.149. The van der Waals surface area contributed by atoms with Crippen LogP contribution in [0.4, 0.5) is 4.39 Å². The van der Waals surface area contributed by atoms with Crippen molar-refractivity contribution in [1.29, 1.82) is 0 Å². The summed E-state index contributed by atoms with van der Waals surface area (Å²) in [6.07, 6.45) is 1.31. The zero-order chi connectivity index (χ0) is 16.0. The Morgan fingerprint density at radius 3 is 2.70 bits per heavy atom. The lowest BCUT2D eigenvalue weighted by Crippen LogP contribution is -2.20. The van der Waals surface area contributed by atoms with E-state index >= 15 is 0 Å². The molecule has 0 aliphatic heterocycles. The van der Waals surface area contributed by atoms with Crippen molar-refractivity contribution in [3.63, 3.8) is 0 Å². The standard InChI is InChI=1S/C18H15FN2OS/c1-11-18-15(21(20-11)14-6-4-13(19)5-7-14)9-12(10-16(18)22)17-3-2-8-23-17/h2-8,12H,9-10H2,1H3. The summed E-state index contributed by atoms with van der Waals surface area (Å²) >= 11 is 1.69. The van der Waals surface area contributed by atoms with Crippen molar-refractivity contribution in [3.8, 4) is 5.69 Å². The van der Waals surface area contributed by atoms with Gasteiger partial charge >= 0.3 is 0 Å². The van der Waals surface area contributed by atoms with Gasteiger partial charge in [-0.25, -0.2) is 9.07 Å². The maximum absolute atomic E-state index is 13.2. The van der Waals surface area contributed by atoms with E-state index in [4.69, 9.17) is 0 Å². The second kappa shape index (κ2) is 5.42. The first-order valence-electron chi connectivity index (χ1n) is 7.54. The summed E-state index contributed by atoms with van der Waals surface area (Å²) in [5.74, 6) is 0.0693. The number of halogens is 1. The van der Waals surface area contributed by atoms with Gasteiger partial charge in [0.15, 0.2) is 5.78 Å². The van der Waals surface area contributed by atoms with E-state index in [1.807, 2.05) is 18.4 Å². The minimum Gasteiger partial charge on any atom is -0.294 e. The van der Waals surface area contributed by atoms with E-state index in [9.17, 15) is 9.18 Å². The second-order valence-electron chi connectivity index (χ2n) is 5.84. The number of carbonyl (C=O) groups excluding carboxylic acids is 1. The first-order valence-corrected chi connectivity index (χ1v) is 8.42. The van der Waals surface area contributed by atoms with Gasteiger partial charge in [-0.3, -0.25) is 4.79 Å². The van der Waals surface area contributed by atoms with Gasteiger partial charge in [-0.15, -0.1) is 11.3 Å². The maximum Gasteiger partial charge on any atom is 0.167 e. The number of Topliss-reactive ketones (excluding diaryl/α,β-unsaturated/α-hetero) is 1. The van der Waals surface area contributed by atoms with Crippen molar-refractivity contribution >= 4 is 17.1 Å². The van der Waals surface area contributed by atoms with Crippen LogP contribution in [0.3, 0.4) is 0 Å². The number of carbonyl (C=O) groups is 1. The molecule has 0 spiro atoms. The first-order chi connectivity index (χ1) is 11.1. The van der Waals surface area contributed by atoms with Crippen LogP contribution in [0.15, 0.2) is 41.8 Å². The van der Waals surface area contributed by atoms with Crippen molar-refractivity contribution in [2.24, 2.45) is 0 Å². The monoisotopic (exact) mass is 326 g/mol. The Morgan fingerprint density at radius 2 is 2.00 bits per heavy atom. The van der Waals surface area contributed by atoms with E-state index < -0.39 is 0 Å². The third-order valence-electron chi connectivity index (χ3n) is 4.32. The Labute approximate surface area is 137 Å². The molecule has 1 atom stereocenters. The molecule has 0 radical (unpaired) electrons. The SMILES string of the molecule is Cc1nn(-c2ccc(F)cc2)c2c1C(=O)CC(c1cccs1)C2. The molecule has 1 aromatic carbocycles. The van der Waals surface area contributed by atoms with Crippen LogP contribution >= 0.6 is 11.3 Å². The first kappa shape index (κ1) is 14.3. The van der Waals surface area contributed by atoms with Crippen LogP contribution in [0.5, 0.6) is 0 Å². The Morgan fingerprint density at radius 1 is 1.22 bits per heavy atom. The zero-order valence-electron chi connectivity index (χ0n) is 12.6. The fraction of sp³-hybridized carbons (Fsp3) is 0.222. The smallest absolute Gasteiger partial charge is 0.167 e. The average Bonchev–Trinajstić information content (AvgIpc) is 3.16. The Bertz CT molecular complexity index is 865. The van der Waals surface area contributed by atoms with Crippen LogP contribution in [-0.4, -0.2) is 15.6 Å². The molecule has 3 aromatic rings. The third-order valence-corrected chi connectivity index (χ3v) is 5.36. The van der Waals surface area contributed by atoms with Gasteiger partial charge in [-0.1, -0.05) is 6.07 Å². The predicted molar refractivity (Wildman–Crippen MR) is 88.0 cm³/mol. The van der Waals surface area contributed by atoms with Gasteiger partial charge in [0.1, 0.15) is 5.82 Å². The largest absolute Gasteiger partial charge is 0.294 e. The second-order valence-corrected chi connectivity index (χ2v) is 6.82. The summed E-state index contributed by atoms with van der Waals surface area (Å²) in [4.78, 5) is 13.8. The van der Waals surface area contributed by atoms with Gasteiger partial charge in [-0.2, -0.15) is 5.10 Å². The van der Waals surface area contributed by atoms with Crippen molar-refractivity contribution in [2.45, 2.75) is 25.7 Å². The third kappa shape index (κ3) is 2.41. The van der Waals surface area contributed by atoms with Gasteiger partial charge < -0.3 is 0 Å². The normalized spacial score (nSPS) is 17.3. The molecule has 1 unspecified atom stereocenters. The molecule has 4 rings (SSSR count). The highest BCUT2D eigenvalue weighted by Crippen LogP contribution is 2.36. The fourth-order valence-corrected chi connectivity index (χ4v) is 4.11. The highest BCUT2D eigenvalue weighted by atomic mass is 32.1. The summed E-state index contributed by atoms with van der Waals surface area (Å²) in [6, 6.07) is 10.3. The number of benzene rings is 1. The molecule has 1 aliphatic carbocycles. The van der Waals surface area contributed by atoms with Crippen molar-refractivity contribution in [3.05, 3.63) is 69.4 Å². The molecular formula is C18H15FN2OS. The zero-order valence-corrected chi connectivity index (χ0v) is 13.4. The number of fused-ring (bicyclic) bond motifs is 1. The minimum atomic E-state index is -0.279. The van der Waals surface area contributed by atoms with Crippen LogP contribution in [0, 0.1) is 12.7 Å². The van der Waals surface area contributed by atoms with Gasteiger partial charge in [0, 0.05) is 17.2 Å². The molecule has 5 heteroatoms. The highest BCUT2D eigenvalue weighted by molar-refractivity contribution is 7.10. The molecule has 0 fully saturated rings. The molecule has 3 nitrogen and oxygen atoms in total. The molecule has 116 valence electrons. The van der Waals surface area contributed by atoms with E-state index in [0.717, 1.165) is 29.1 Å². The number of hydrogen-bond donors (Lipinski definition) is 0. The van der Waals surface area contributed by atoms with E-state index in [-0.39, 0.29) is 17.5 Å². The van der Waals surface area contributed by atoms with E-state index in [2.05, 4.69) is 11.2 Å². The van der Waals surface area contributed by atoms with Crippen LogP contribution in [0.2, 0.25) is 0 Å². The lowest BCUT2D eigenvalue weighted by Gasteiger charge is -2.21. The average molecular weight is 326 g/mol. The number of ketones is 1. The van der Waals surface area contributed by atoms with Crippen molar-refractivity contribution < 1.29 is 9.18 Å². The quantitative estimate of drug-likeness (QED) is 0.704. The molecule has 2 aromatic heterocycles. The van der Waals surface area contributed by atoms with Crippen LogP contribution in [-0.2, 0) is 6.42 Å². The van der Waals surface area contributed by atoms with Crippen LogP contribution in [0.25, 0.3) is 5.69 Å². The Kier molecular flexibility index (Phi) is 3.38. The van der Waals surface area contributed by atoms with E-state index in [0.29, 0.717) is 6.42 Å². The van der Waals surface area contributed by atoms with Gasteiger partial charge in [0.05, 0.1) is 22.6 Å². The van der Waals surface area contributed by atoms with E-state index in [1.165, 1.54) is 17.0 Å². The summed E-state index contributed by atoms with van der Waals surface area (Å²) in [5.41, 5.74) is 3.21. The summed E-state index contributed by atoms with van der Waals surface area (Å²) < 4.78 is 15.0. The summed E-state index contributed by atoms with van der Waals surface area (Å²) in [6.45, 7) is 1.86. The number of aromatic nitrogens is 2. The van der Waals surface area contributed by atoms with Crippen molar-refractivity contribution in [1.82, 2.24) is 9.78 Å². The van der Waals surface area contributed by atoms with Crippen LogP contribution in [0.1, 0.15) is 39.0 Å². The molecule has 0 amide bonds. The number of rotatable bonds is 2. The molecule has 0 bridgehead atoms. The van der Waals surface area contributed by atoms with Crippen molar-refractivity contribution in [2.75, 3.05) is 0 Å². The number of thiophene rings is 1. The summed E-state index contributed by atoms with van der Waals surface area (Å²) in [5, 5.41) is 6.57. The lowest BCUT2D eigenvalue weighted by atomic mass is 9.85. The molecule has 0 saturated heterocycles.